The smallest absolute Gasteiger partial charge is 0.248 e. The van der Waals surface area contributed by atoms with Gasteiger partial charge < -0.3 is 10.2 Å². The van der Waals surface area contributed by atoms with Crippen molar-refractivity contribution in [3.63, 3.8) is 0 Å². The number of benzene rings is 1. The van der Waals surface area contributed by atoms with Crippen molar-refractivity contribution in [3.8, 4) is 0 Å². The van der Waals surface area contributed by atoms with Gasteiger partial charge in [0.25, 0.3) is 0 Å². The number of hydrogen-bond donors (Lipinski definition) is 1. The predicted octanol–water partition coefficient (Wildman–Crippen LogP) is 0.660. The maximum atomic E-state index is 12.1. The Balaban J connectivity index is 2.00. The van der Waals surface area contributed by atoms with E-state index < -0.39 is 0 Å². The Hall–Kier alpha value is -2.21. The second-order valence-electron chi connectivity index (χ2n) is 4.23. The van der Waals surface area contributed by atoms with Gasteiger partial charge in [0.05, 0.1) is 11.9 Å². The van der Waals surface area contributed by atoms with Crippen LogP contribution in [0.4, 0.5) is 5.69 Å². The summed E-state index contributed by atoms with van der Waals surface area (Å²) in [5.74, 6) is -0.0351. The molecule has 0 spiro atoms. The lowest BCUT2D eigenvalue weighted by Crippen LogP contribution is -2.30. The van der Waals surface area contributed by atoms with Crippen LogP contribution in [0.15, 0.2) is 36.5 Å². The number of carbonyl (C=O) groups is 1. The van der Waals surface area contributed by atoms with Gasteiger partial charge >= 0.3 is 0 Å². The Morgan fingerprint density at radius 2 is 2.11 bits per heavy atom. The standard InChI is InChI=1S/C13H17N5O/c1-14-8-11-9-18(16-15-11)10-13(19)17(2)12-6-4-3-5-7-12/h3-7,9,14H,8,10H2,1-2H3. The van der Waals surface area contributed by atoms with Crippen LogP contribution in [0.1, 0.15) is 5.69 Å². The number of nitrogens with zero attached hydrogens (tertiary/aromatic N) is 4. The zero-order valence-corrected chi connectivity index (χ0v) is 11.1. The molecule has 1 heterocycles. The number of rotatable bonds is 5. The van der Waals surface area contributed by atoms with Gasteiger partial charge in [-0.05, 0) is 19.2 Å². The first-order chi connectivity index (χ1) is 9.20. The highest BCUT2D eigenvalue weighted by Gasteiger charge is 2.12. The third-order valence-electron chi connectivity index (χ3n) is 2.76. The predicted molar refractivity (Wildman–Crippen MR) is 72.6 cm³/mol. The Bertz CT molecular complexity index is 537. The van der Waals surface area contributed by atoms with E-state index in [4.69, 9.17) is 0 Å². The summed E-state index contributed by atoms with van der Waals surface area (Å²) in [6, 6.07) is 9.51. The van der Waals surface area contributed by atoms with Crippen molar-refractivity contribution in [3.05, 3.63) is 42.2 Å². The van der Waals surface area contributed by atoms with Gasteiger partial charge in [-0.25, -0.2) is 4.68 Å². The van der Waals surface area contributed by atoms with E-state index in [0.29, 0.717) is 6.54 Å². The molecule has 6 nitrogen and oxygen atoms in total. The molecule has 6 heteroatoms. The average molecular weight is 259 g/mol. The highest BCUT2D eigenvalue weighted by Crippen LogP contribution is 2.11. The zero-order valence-electron chi connectivity index (χ0n) is 11.1. The van der Waals surface area contributed by atoms with Crippen molar-refractivity contribution in [1.82, 2.24) is 20.3 Å². The van der Waals surface area contributed by atoms with Crippen LogP contribution in [0.25, 0.3) is 0 Å². The summed E-state index contributed by atoms with van der Waals surface area (Å²) in [4.78, 5) is 13.7. The molecule has 0 fully saturated rings. The van der Waals surface area contributed by atoms with E-state index >= 15 is 0 Å². The van der Waals surface area contributed by atoms with Crippen molar-refractivity contribution in [2.45, 2.75) is 13.1 Å². The molecule has 100 valence electrons. The monoisotopic (exact) mass is 259 g/mol. The molecule has 0 atom stereocenters. The first-order valence-corrected chi connectivity index (χ1v) is 6.06. The van der Waals surface area contributed by atoms with Gasteiger partial charge in [-0.3, -0.25) is 4.79 Å². The molecule has 1 N–H and O–H groups in total. The molecule has 0 saturated heterocycles. The molecule has 0 bridgehead atoms. The Kier molecular flexibility index (Phi) is 4.25. The highest BCUT2D eigenvalue weighted by atomic mass is 16.2. The Labute approximate surface area is 112 Å². The van der Waals surface area contributed by atoms with E-state index in [1.165, 1.54) is 0 Å². The third-order valence-corrected chi connectivity index (χ3v) is 2.76. The van der Waals surface area contributed by atoms with Crippen molar-refractivity contribution in [2.24, 2.45) is 0 Å². The molecule has 0 aliphatic carbocycles. The summed E-state index contributed by atoms with van der Waals surface area (Å²) in [5, 5.41) is 10.9. The fraction of sp³-hybridized carbons (Fsp3) is 0.308. The number of nitrogens with one attached hydrogen (secondary N) is 1. The molecular weight excluding hydrogens is 242 g/mol. The summed E-state index contributed by atoms with van der Waals surface area (Å²) in [6.45, 7) is 0.824. The van der Waals surface area contributed by atoms with Crippen molar-refractivity contribution in [2.75, 3.05) is 19.0 Å². The lowest BCUT2D eigenvalue weighted by atomic mass is 10.3. The molecule has 0 radical (unpaired) electrons. The molecule has 0 aliphatic heterocycles. The van der Waals surface area contributed by atoms with E-state index in [2.05, 4.69) is 15.6 Å². The van der Waals surface area contributed by atoms with Gasteiger partial charge in [-0.15, -0.1) is 5.10 Å². The summed E-state index contributed by atoms with van der Waals surface area (Å²) in [7, 11) is 3.59. The number of anilines is 1. The lowest BCUT2D eigenvalue weighted by Gasteiger charge is -2.16. The number of aromatic nitrogens is 3. The van der Waals surface area contributed by atoms with Gasteiger partial charge in [0, 0.05) is 19.3 Å². The summed E-state index contributed by atoms with van der Waals surface area (Å²) >= 11 is 0. The van der Waals surface area contributed by atoms with E-state index in [1.54, 1.807) is 22.8 Å². The van der Waals surface area contributed by atoms with Gasteiger partial charge in [0.2, 0.25) is 5.91 Å². The molecule has 19 heavy (non-hydrogen) atoms. The molecule has 2 rings (SSSR count). The molecule has 0 unspecified atom stereocenters. The number of hydrogen-bond acceptors (Lipinski definition) is 4. The minimum absolute atomic E-state index is 0.0351. The van der Waals surface area contributed by atoms with E-state index in [1.807, 2.05) is 37.4 Å². The second kappa shape index (κ2) is 6.10. The van der Waals surface area contributed by atoms with Gasteiger partial charge in [0.1, 0.15) is 6.54 Å². The second-order valence-corrected chi connectivity index (χ2v) is 4.23. The number of carbonyl (C=O) groups excluding carboxylic acids is 1. The first-order valence-electron chi connectivity index (χ1n) is 6.06. The number of likely N-dealkylation sites (N-methyl/N-ethyl adjacent to an activating group) is 1. The molecule has 1 aromatic carbocycles. The van der Waals surface area contributed by atoms with Crippen LogP contribution in [-0.4, -0.2) is 35.0 Å². The van der Waals surface area contributed by atoms with Crippen LogP contribution >= 0.6 is 0 Å². The van der Waals surface area contributed by atoms with E-state index in [0.717, 1.165) is 11.4 Å². The fourth-order valence-corrected chi connectivity index (χ4v) is 1.72. The molecule has 1 aromatic heterocycles. The third kappa shape index (κ3) is 3.38. The van der Waals surface area contributed by atoms with Crippen LogP contribution in [-0.2, 0) is 17.9 Å². The molecule has 0 aliphatic rings. The zero-order chi connectivity index (χ0) is 13.7. The molecule has 2 aromatic rings. The Morgan fingerprint density at radius 3 is 2.79 bits per heavy atom. The normalized spacial score (nSPS) is 10.4. The summed E-state index contributed by atoms with van der Waals surface area (Å²) in [6.07, 6.45) is 1.77. The minimum atomic E-state index is -0.0351. The highest BCUT2D eigenvalue weighted by molar-refractivity contribution is 5.92. The summed E-state index contributed by atoms with van der Waals surface area (Å²) in [5.41, 5.74) is 1.68. The maximum absolute atomic E-state index is 12.1. The number of amides is 1. The summed E-state index contributed by atoms with van der Waals surface area (Å²) < 4.78 is 1.55. The van der Waals surface area contributed by atoms with Crippen LogP contribution in [0.3, 0.4) is 0 Å². The topological polar surface area (TPSA) is 63.1 Å². The molecular formula is C13H17N5O. The maximum Gasteiger partial charge on any atom is 0.248 e. The van der Waals surface area contributed by atoms with Crippen LogP contribution in [0.5, 0.6) is 0 Å². The SMILES string of the molecule is CNCc1cn(CC(=O)N(C)c2ccccc2)nn1. The van der Waals surface area contributed by atoms with E-state index in [9.17, 15) is 4.79 Å². The van der Waals surface area contributed by atoms with Gasteiger partial charge in [0.15, 0.2) is 0 Å². The first kappa shape index (κ1) is 13.2. The quantitative estimate of drug-likeness (QED) is 0.857. The van der Waals surface area contributed by atoms with E-state index in [-0.39, 0.29) is 12.5 Å². The Morgan fingerprint density at radius 1 is 1.37 bits per heavy atom. The fourth-order valence-electron chi connectivity index (χ4n) is 1.72. The van der Waals surface area contributed by atoms with Crippen molar-refractivity contribution < 1.29 is 4.79 Å². The molecule has 1 amide bonds. The van der Waals surface area contributed by atoms with Crippen molar-refractivity contribution in [1.29, 1.82) is 0 Å². The van der Waals surface area contributed by atoms with Crippen LogP contribution in [0.2, 0.25) is 0 Å². The van der Waals surface area contributed by atoms with Crippen molar-refractivity contribution >= 4 is 11.6 Å². The van der Waals surface area contributed by atoms with Gasteiger partial charge in [-0.1, -0.05) is 23.4 Å². The minimum Gasteiger partial charge on any atom is -0.314 e. The van der Waals surface area contributed by atoms with Crippen LogP contribution < -0.4 is 10.2 Å². The molecule has 0 saturated carbocycles. The largest absolute Gasteiger partial charge is 0.314 e. The number of para-hydroxylation sites is 1. The lowest BCUT2D eigenvalue weighted by molar-refractivity contribution is -0.119. The van der Waals surface area contributed by atoms with Crippen LogP contribution in [0, 0.1) is 0 Å². The van der Waals surface area contributed by atoms with Gasteiger partial charge in [-0.2, -0.15) is 0 Å². The average Bonchev–Trinajstić information content (AvgIpc) is 2.86.